The maximum Gasteiger partial charge on any atom is 0.303 e. The Balaban J connectivity index is 1.14. The van der Waals surface area contributed by atoms with E-state index in [1.807, 2.05) is 0 Å². The van der Waals surface area contributed by atoms with Crippen molar-refractivity contribution in [2.24, 2.45) is 44.8 Å². The maximum atomic E-state index is 12.3. The first-order valence-electron chi connectivity index (χ1n) is 18.8. The summed E-state index contributed by atoms with van der Waals surface area (Å²) < 4.78 is 24.3. The van der Waals surface area contributed by atoms with Crippen molar-refractivity contribution >= 4 is 5.97 Å². The Kier molecular flexibility index (Phi) is 8.42. The fourth-order valence-electron chi connectivity index (χ4n) is 14.0. The number of hydrogen-bond acceptors (Lipinski definition) is 11. The molecule has 7 rings (SSSR count). The van der Waals surface area contributed by atoms with Crippen LogP contribution in [0.4, 0.5) is 0 Å². The Hall–Kier alpha value is -0.890. The predicted molar refractivity (Wildman–Crippen MR) is 177 cm³/mol. The zero-order valence-electron chi connectivity index (χ0n) is 30.7. The number of ether oxygens (including phenoxy) is 4. The normalized spacial score (nSPS) is 56.3. The molecule has 17 atom stereocenters. The lowest BCUT2D eigenvalue weighted by atomic mass is 9.41. The van der Waals surface area contributed by atoms with E-state index in [0.29, 0.717) is 19.3 Å². The van der Waals surface area contributed by atoms with Crippen LogP contribution in [0.5, 0.6) is 0 Å². The van der Waals surface area contributed by atoms with Crippen LogP contribution < -0.4 is 0 Å². The lowest BCUT2D eigenvalue weighted by molar-refractivity contribution is -0.330. The van der Waals surface area contributed by atoms with E-state index in [1.54, 1.807) is 13.8 Å². The second-order valence-corrected chi connectivity index (χ2v) is 19.3. The molecule has 0 unspecified atom stereocenters. The van der Waals surface area contributed by atoms with Crippen molar-refractivity contribution in [3.05, 3.63) is 0 Å². The first kappa shape index (κ1) is 36.5. The number of aliphatic hydroxyl groups is 6. The number of esters is 1. The smallest absolute Gasteiger partial charge is 0.303 e. The van der Waals surface area contributed by atoms with E-state index in [0.717, 1.165) is 38.5 Å². The minimum absolute atomic E-state index is 0.0578. The van der Waals surface area contributed by atoms with Crippen LogP contribution >= 0.6 is 0 Å². The van der Waals surface area contributed by atoms with E-state index in [4.69, 9.17) is 18.9 Å². The molecule has 2 spiro atoms. The Bertz CT molecular complexity index is 1320. The molecule has 7 fully saturated rings. The molecular formula is C38H62O11. The third-order valence-electron chi connectivity index (χ3n) is 16.2. The zero-order valence-corrected chi connectivity index (χ0v) is 30.7. The van der Waals surface area contributed by atoms with Crippen LogP contribution in [0.15, 0.2) is 0 Å². The lowest BCUT2D eigenvalue weighted by Gasteiger charge is -2.64. The standard InChI is InChI=1S/C38H62O11/c1-19(40)46-28-26(43)22(17-39)47-31(27(28)44)48-24-10-12-38-18-37(38)14-13-34(6)30(36(8)11-9-25(49-36)33(4,5)45)21(42)16-35(34,7)23(37)15-20(41)29(38)32(24,2)3/h20-31,39,41-45H,9-18H2,1-8H3/t20-,21-,22+,23-,24-,25-,26+,27+,28-,29-,30-,31-,34+,35-,36+,37-,38+/m0/s1. The molecule has 280 valence electrons. The summed E-state index contributed by atoms with van der Waals surface area (Å²) in [7, 11) is 0. The van der Waals surface area contributed by atoms with Crippen molar-refractivity contribution in [2.75, 3.05) is 6.61 Å². The highest BCUT2D eigenvalue weighted by molar-refractivity contribution is 5.66. The van der Waals surface area contributed by atoms with Gasteiger partial charge in [0.25, 0.3) is 0 Å². The van der Waals surface area contributed by atoms with Crippen molar-refractivity contribution in [1.29, 1.82) is 0 Å². The van der Waals surface area contributed by atoms with Crippen LogP contribution in [0.3, 0.4) is 0 Å². The second kappa shape index (κ2) is 11.3. The molecule has 5 saturated carbocycles. The van der Waals surface area contributed by atoms with E-state index in [-0.39, 0.29) is 45.5 Å². The SMILES string of the molecule is CC(=O)O[C@@H]1[C@@H](O)[C@H](O[C@H]2CC[C@]34C[C@]35CC[C@]3(C)[C@@H]([C@@]6(C)CC[C@@H](C(C)(C)O)O6)[C@@H](O)C[C@@]3(C)[C@@H]5C[C@H](O)[C@H]4C2(C)C)O[C@H](CO)[C@H]1O. The fourth-order valence-corrected chi connectivity index (χ4v) is 14.0. The first-order chi connectivity index (χ1) is 22.6. The summed E-state index contributed by atoms with van der Waals surface area (Å²) in [6.45, 7) is 15.4. The molecular weight excluding hydrogens is 632 g/mol. The number of hydrogen-bond donors (Lipinski definition) is 6. The summed E-state index contributed by atoms with van der Waals surface area (Å²) in [5, 5.41) is 66.7. The molecule has 2 heterocycles. The maximum absolute atomic E-state index is 12.3. The highest BCUT2D eigenvalue weighted by Crippen LogP contribution is 2.89. The molecule has 0 aromatic heterocycles. The highest BCUT2D eigenvalue weighted by atomic mass is 16.7. The average Bonchev–Trinajstić information content (AvgIpc) is 3.34. The van der Waals surface area contributed by atoms with Gasteiger partial charge in [-0.1, -0.05) is 27.7 Å². The van der Waals surface area contributed by atoms with Gasteiger partial charge >= 0.3 is 5.97 Å². The summed E-state index contributed by atoms with van der Waals surface area (Å²) in [6.07, 6.45) is -0.805. The molecule has 49 heavy (non-hydrogen) atoms. The summed E-state index contributed by atoms with van der Waals surface area (Å²) in [5.41, 5.74) is -2.40. The summed E-state index contributed by atoms with van der Waals surface area (Å²) in [5.74, 6) is -0.551. The van der Waals surface area contributed by atoms with Crippen LogP contribution in [0.25, 0.3) is 0 Å². The average molecular weight is 695 g/mol. The van der Waals surface area contributed by atoms with E-state index in [2.05, 4.69) is 34.6 Å². The quantitative estimate of drug-likeness (QED) is 0.178. The van der Waals surface area contributed by atoms with Gasteiger partial charge in [-0.05, 0) is 117 Å². The molecule has 0 radical (unpaired) electrons. The van der Waals surface area contributed by atoms with Crippen molar-refractivity contribution in [3.63, 3.8) is 0 Å². The van der Waals surface area contributed by atoms with Crippen LogP contribution in [0, 0.1) is 44.8 Å². The molecule has 11 nitrogen and oxygen atoms in total. The molecule has 2 saturated heterocycles. The van der Waals surface area contributed by atoms with Crippen molar-refractivity contribution < 1.29 is 54.4 Å². The van der Waals surface area contributed by atoms with Gasteiger partial charge in [0.1, 0.15) is 18.3 Å². The Morgan fingerprint density at radius 3 is 2.18 bits per heavy atom. The van der Waals surface area contributed by atoms with Crippen molar-refractivity contribution in [3.8, 4) is 0 Å². The van der Waals surface area contributed by atoms with Gasteiger partial charge in [0, 0.05) is 12.8 Å². The minimum atomic E-state index is -1.46. The molecule has 7 aliphatic rings. The monoisotopic (exact) mass is 694 g/mol. The molecule has 11 heteroatoms. The third kappa shape index (κ3) is 4.88. The number of aliphatic hydroxyl groups excluding tert-OH is 5. The first-order valence-corrected chi connectivity index (χ1v) is 18.8. The lowest BCUT2D eigenvalue weighted by Crippen LogP contribution is -2.64. The van der Waals surface area contributed by atoms with Gasteiger partial charge in [-0.3, -0.25) is 4.79 Å². The van der Waals surface area contributed by atoms with Gasteiger partial charge in [-0.25, -0.2) is 0 Å². The summed E-state index contributed by atoms with van der Waals surface area (Å²) >= 11 is 0. The van der Waals surface area contributed by atoms with Gasteiger partial charge in [0.2, 0.25) is 0 Å². The van der Waals surface area contributed by atoms with Gasteiger partial charge in [-0.2, -0.15) is 0 Å². The number of rotatable bonds is 6. The molecule has 0 aromatic carbocycles. The number of carbonyl (C=O) groups is 1. The topological polar surface area (TPSA) is 175 Å². The van der Waals surface area contributed by atoms with E-state index < -0.39 is 78.2 Å². The van der Waals surface area contributed by atoms with Gasteiger partial charge in [0.15, 0.2) is 12.4 Å². The predicted octanol–water partition coefficient (Wildman–Crippen LogP) is 2.83. The number of carbonyl (C=O) groups excluding carboxylic acids is 1. The largest absolute Gasteiger partial charge is 0.457 e. The Morgan fingerprint density at radius 1 is 0.878 bits per heavy atom. The molecule has 6 N–H and O–H groups in total. The van der Waals surface area contributed by atoms with E-state index in [1.165, 1.54) is 6.92 Å². The van der Waals surface area contributed by atoms with Gasteiger partial charge < -0.3 is 49.6 Å². The third-order valence-corrected chi connectivity index (χ3v) is 16.2. The molecule has 0 amide bonds. The van der Waals surface area contributed by atoms with E-state index >= 15 is 0 Å². The van der Waals surface area contributed by atoms with E-state index in [9.17, 15) is 35.4 Å². The zero-order chi connectivity index (χ0) is 35.9. The molecule has 2 aliphatic heterocycles. The molecule has 0 aromatic rings. The minimum Gasteiger partial charge on any atom is -0.457 e. The van der Waals surface area contributed by atoms with Crippen LogP contribution in [0.1, 0.15) is 113 Å². The van der Waals surface area contributed by atoms with Crippen molar-refractivity contribution in [2.45, 2.75) is 180 Å². The fraction of sp³-hybridized carbons (Fsp3) is 0.974. The highest BCUT2D eigenvalue weighted by Gasteiger charge is 2.85. The van der Waals surface area contributed by atoms with Crippen LogP contribution in [0.2, 0.25) is 0 Å². The Labute approximate surface area is 291 Å². The van der Waals surface area contributed by atoms with Gasteiger partial charge in [0.05, 0.1) is 42.2 Å². The number of fused-ring (bicyclic) bond motifs is 2. The van der Waals surface area contributed by atoms with Gasteiger partial charge in [-0.15, -0.1) is 0 Å². The Morgan fingerprint density at radius 2 is 1.57 bits per heavy atom. The molecule has 5 aliphatic carbocycles. The summed E-state index contributed by atoms with van der Waals surface area (Å²) in [4.78, 5) is 11.8. The van der Waals surface area contributed by atoms with Crippen LogP contribution in [-0.4, -0.2) is 110 Å². The molecule has 0 bridgehead atoms. The van der Waals surface area contributed by atoms with Crippen molar-refractivity contribution in [1.82, 2.24) is 0 Å². The second-order valence-electron chi connectivity index (χ2n) is 19.3. The van der Waals surface area contributed by atoms with Crippen LogP contribution in [-0.2, 0) is 23.7 Å². The summed E-state index contributed by atoms with van der Waals surface area (Å²) in [6, 6.07) is 0.